The lowest BCUT2D eigenvalue weighted by Crippen LogP contribution is -2.45. The van der Waals surface area contributed by atoms with Crippen LogP contribution in [0.5, 0.6) is 0 Å². The van der Waals surface area contributed by atoms with Crippen LogP contribution >= 0.6 is 0 Å². The number of carboxylic acid groups (broad SMARTS) is 1. The lowest BCUT2D eigenvalue weighted by Gasteiger charge is -2.29. The molecule has 0 aromatic heterocycles. The highest BCUT2D eigenvalue weighted by atomic mass is 16.5. The molecule has 2 aliphatic carbocycles. The van der Waals surface area contributed by atoms with Gasteiger partial charge in [0, 0.05) is 19.7 Å². The average molecular weight is 257 g/mol. The molecule has 0 saturated heterocycles. The highest BCUT2D eigenvalue weighted by molar-refractivity contribution is 5.72. The SMILES string of the molecule is COCCOCCNC1C2CCC(C2)C1C(=O)O. The first kappa shape index (κ1) is 13.8. The van der Waals surface area contributed by atoms with Crippen molar-refractivity contribution in [2.75, 3.05) is 33.5 Å². The number of ether oxygens (including phenoxy) is 2. The van der Waals surface area contributed by atoms with Crippen LogP contribution in [-0.2, 0) is 14.3 Å². The number of hydrogen-bond donors (Lipinski definition) is 2. The Morgan fingerprint density at radius 1 is 1.28 bits per heavy atom. The monoisotopic (exact) mass is 257 g/mol. The molecule has 104 valence electrons. The summed E-state index contributed by atoms with van der Waals surface area (Å²) in [5, 5.41) is 12.7. The Morgan fingerprint density at radius 3 is 2.78 bits per heavy atom. The Morgan fingerprint density at radius 2 is 2.06 bits per heavy atom. The number of aliphatic carboxylic acids is 1. The molecule has 2 bridgehead atoms. The van der Waals surface area contributed by atoms with Gasteiger partial charge in [-0.25, -0.2) is 0 Å². The number of carbonyl (C=O) groups is 1. The van der Waals surface area contributed by atoms with E-state index in [9.17, 15) is 9.90 Å². The van der Waals surface area contributed by atoms with Gasteiger partial charge in [0.1, 0.15) is 0 Å². The Labute approximate surface area is 108 Å². The largest absolute Gasteiger partial charge is 0.481 e. The zero-order chi connectivity index (χ0) is 13.0. The molecular weight excluding hydrogens is 234 g/mol. The first-order chi connectivity index (χ1) is 8.74. The van der Waals surface area contributed by atoms with Crippen molar-refractivity contribution in [1.82, 2.24) is 5.32 Å². The molecule has 0 aliphatic heterocycles. The maximum Gasteiger partial charge on any atom is 0.308 e. The molecule has 2 N–H and O–H groups in total. The molecule has 2 rings (SSSR count). The van der Waals surface area contributed by atoms with E-state index in [1.807, 2.05) is 0 Å². The van der Waals surface area contributed by atoms with Crippen LogP contribution in [0.25, 0.3) is 0 Å². The fourth-order valence-corrected chi connectivity index (χ4v) is 3.48. The molecule has 18 heavy (non-hydrogen) atoms. The summed E-state index contributed by atoms with van der Waals surface area (Å²) in [6.07, 6.45) is 3.35. The quantitative estimate of drug-likeness (QED) is 0.628. The van der Waals surface area contributed by atoms with E-state index in [0.29, 0.717) is 31.7 Å². The fraction of sp³-hybridized carbons (Fsp3) is 0.923. The second-order valence-electron chi connectivity index (χ2n) is 5.28. The summed E-state index contributed by atoms with van der Waals surface area (Å²) in [5.74, 6) is 0.109. The molecule has 4 unspecified atom stereocenters. The van der Waals surface area contributed by atoms with Gasteiger partial charge in [0.15, 0.2) is 0 Å². The predicted molar refractivity (Wildman–Crippen MR) is 66.4 cm³/mol. The van der Waals surface area contributed by atoms with Gasteiger partial charge in [-0.1, -0.05) is 0 Å². The molecule has 0 radical (unpaired) electrons. The summed E-state index contributed by atoms with van der Waals surface area (Å²) < 4.78 is 10.3. The van der Waals surface area contributed by atoms with Crippen LogP contribution in [0.1, 0.15) is 19.3 Å². The van der Waals surface area contributed by atoms with Crippen molar-refractivity contribution in [3.05, 3.63) is 0 Å². The van der Waals surface area contributed by atoms with Gasteiger partial charge in [0.25, 0.3) is 0 Å². The zero-order valence-electron chi connectivity index (χ0n) is 10.9. The lowest BCUT2D eigenvalue weighted by molar-refractivity contribution is -0.144. The van der Waals surface area contributed by atoms with Crippen molar-refractivity contribution in [3.63, 3.8) is 0 Å². The molecule has 0 heterocycles. The van der Waals surface area contributed by atoms with Crippen LogP contribution in [0.3, 0.4) is 0 Å². The number of hydrogen-bond acceptors (Lipinski definition) is 4. The predicted octanol–water partition coefficient (Wildman–Crippen LogP) is 0.738. The first-order valence-electron chi connectivity index (χ1n) is 6.77. The van der Waals surface area contributed by atoms with Crippen LogP contribution in [0, 0.1) is 17.8 Å². The van der Waals surface area contributed by atoms with Crippen molar-refractivity contribution < 1.29 is 19.4 Å². The minimum Gasteiger partial charge on any atom is -0.481 e. The summed E-state index contributed by atoms with van der Waals surface area (Å²) in [6.45, 7) is 2.54. The molecule has 5 nitrogen and oxygen atoms in total. The lowest BCUT2D eigenvalue weighted by atomic mass is 9.84. The zero-order valence-corrected chi connectivity index (χ0v) is 10.9. The molecular formula is C13H23NO4. The Balaban J connectivity index is 1.70. The number of fused-ring (bicyclic) bond motifs is 2. The first-order valence-corrected chi connectivity index (χ1v) is 6.77. The van der Waals surface area contributed by atoms with E-state index in [-0.39, 0.29) is 12.0 Å². The van der Waals surface area contributed by atoms with Crippen molar-refractivity contribution >= 4 is 5.97 Å². The summed E-state index contributed by atoms with van der Waals surface area (Å²) in [4.78, 5) is 11.3. The Hall–Kier alpha value is -0.650. The highest BCUT2D eigenvalue weighted by Gasteiger charge is 2.50. The third kappa shape index (κ3) is 3.02. The van der Waals surface area contributed by atoms with Crippen LogP contribution < -0.4 is 5.32 Å². The smallest absolute Gasteiger partial charge is 0.308 e. The maximum atomic E-state index is 11.3. The molecule has 5 heteroatoms. The van der Waals surface area contributed by atoms with Crippen LogP contribution in [0.2, 0.25) is 0 Å². The Bertz CT molecular complexity index is 284. The number of carboxylic acids is 1. The van der Waals surface area contributed by atoms with Gasteiger partial charge in [-0.15, -0.1) is 0 Å². The second kappa shape index (κ2) is 6.50. The van der Waals surface area contributed by atoms with Crippen molar-refractivity contribution in [3.8, 4) is 0 Å². The van der Waals surface area contributed by atoms with E-state index in [1.165, 1.54) is 6.42 Å². The van der Waals surface area contributed by atoms with Gasteiger partial charge in [0.2, 0.25) is 0 Å². The minimum atomic E-state index is -0.639. The maximum absolute atomic E-state index is 11.3. The van der Waals surface area contributed by atoms with E-state index in [2.05, 4.69) is 5.32 Å². The summed E-state index contributed by atoms with van der Waals surface area (Å²) in [5.41, 5.74) is 0. The highest BCUT2D eigenvalue weighted by Crippen LogP contribution is 2.48. The standard InChI is InChI=1S/C13H23NO4/c1-17-6-7-18-5-4-14-12-10-3-2-9(8-10)11(12)13(15)16/h9-12,14H,2-8H2,1H3,(H,15,16). The van der Waals surface area contributed by atoms with E-state index in [1.54, 1.807) is 7.11 Å². The van der Waals surface area contributed by atoms with Gasteiger partial charge >= 0.3 is 5.97 Å². The van der Waals surface area contributed by atoms with Crippen LogP contribution in [-0.4, -0.2) is 50.6 Å². The third-order valence-corrected chi connectivity index (χ3v) is 4.26. The minimum absolute atomic E-state index is 0.146. The summed E-state index contributed by atoms with van der Waals surface area (Å²) in [6, 6.07) is 0.146. The molecule has 2 saturated carbocycles. The van der Waals surface area contributed by atoms with E-state index >= 15 is 0 Å². The Kier molecular flexibility index (Phi) is 4.97. The van der Waals surface area contributed by atoms with Crippen molar-refractivity contribution in [2.24, 2.45) is 17.8 Å². The van der Waals surface area contributed by atoms with Gasteiger partial charge < -0.3 is 19.9 Å². The van der Waals surface area contributed by atoms with E-state index in [0.717, 1.165) is 19.4 Å². The van der Waals surface area contributed by atoms with Gasteiger partial charge in [-0.05, 0) is 31.1 Å². The summed E-state index contributed by atoms with van der Waals surface area (Å²) >= 11 is 0. The summed E-state index contributed by atoms with van der Waals surface area (Å²) in [7, 11) is 1.65. The van der Waals surface area contributed by atoms with Gasteiger partial charge in [0.05, 0.1) is 25.7 Å². The van der Waals surface area contributed by atoms with Crippen LogP contribution in [0.4, 0.5) is 0 Å². The molecule has 0 spiro atoms. The fourth-order valence-electron chi connectivity index (χ4n) is 3.48. The normalized spacial score (nSPS) is 34.1. The van der Waals surface area contributed by atoms with Gasteiger partial charge in [-0.3, -0.25) is 4.79 Å². The molecule has 2 fully saturated rings. The number of nitrogens with one attached hydrogen (secondary N) is 1. The van der Waals surface area contributed by atoms with E-state index in [4.69, 9.17) is 9.47 Å². The molecule has 0 aromatic carbocycles. The van der Waals surface area contributed by atoms with Crippen molar-refractivity contribution in [1.29, 1.82) is 0 Å². The molecule has 2 aliphatic rings. The van der Waals surface area contributed by atoms with E-state index < -0.39 is 5.97 Å². The van der Waals surface area contributed by atoms with Crippen molar-refractivity contribution in [2.45, 2.75) is 25.3 Å². The van der Waals surface area contributed by atoms with Crippen LogP contribution in [0.15, 0.2) is 0 Å². The number of methoxy groups -OCH3 is 1. The van der Waals surface area contributed by atoms with Gasteiger partial charge in [-0.2, -0.15) is 0 Å². The second-order valence-corrected chi connectivity index (χ2v) is 5.28. The molecule has 4 atom stereocenters. The topological polar surface area (TPSA) is 67.8 Å². The molecule has 0 amide bonds. The molecule has 0 aromatic rings. The average Bonchev–Trinajstić information content (AvgIpc) is 2.93. The number of rotatable bonds is 8. The third-order valence-electron chi connectivity index (χ3n) is 4.26.